The Morgan fingerprint density at radius 3 is 2.68 bits per heavy atom. The summed E-state index contributed by atoms with van der Waals surface area (Å²) in [6.45, 7) is 6.52. The molecule has 0 atom stereocenters. The van der Waals surface area contributed by atoms with E-state index in [0.29, 0.717) is 36.6 Å². The first-order valence-electron chi connectivity index (χ1n) is 8.95. The zero-order valence-corrected chi connectivity index (χ0v) is 16.1. The number of amides is 1. The molecule has 1 aromatic carbocycles. The van der Waals surface area contributed by atoms with Gasteiger partial charge in [-0.05, 0) is 26.3 Å². The van der Waals surface area contributed by atoms with Crippen LogP contribution in [0.15, 0.2) is 36.7 Å². The SMILES string of the molecule is CC(C)(C)OC(=O)NCCn1cnc2c(NCc3ccccc3)nc(F)nc21. The van der Waals surface area contributed by atoms with Gasteiger partial charge >= 0.3 is 12.2 Å². The van der Waals surface area contributed by atoms with Crippen LogP contribution in [-0.2, 0) is 17.8 Å². The molecule has 0 saturated heterocycles. The number of hydrogen-bond donors (Lipinski definition) is 2. The number of nitrogens with one attached hydrogen (secondary N) is 2. The van der Waals surface area contributed by atoms with Crippen LogP contribution in [0.2, 0.25) is 0 Å². The summed E-state index contributed by atoms with van der Waals surface area (Å²) < 4.78 is 20.8. The number of carbonyl (C=O) groups is 1. The summed E-state index contributed by atoms with van der Waals surface area (Å²) in [4.78, 5) is 23.7. The predicted molar refractivity (Wildman–Crippen MR) is 103 cm³/mol. The van der Waals surface area contributed by atoms with Crippen LogP contribution in [0.1, 0.15) is 26.3 Å². The Balaban J connectivity index is 1.68. The van der Waals surface area contributed by atoms with E-state index in [-0.39, 0.29) is 0 Å². The maximum atomic E-state index is 13.9. The fourth-order valence-electron chi connectivity index (χ4n) is 2.58. The largest absolute Gasteiger partial charge is 0.444 e. The zero-order valence-electron chi connectivity index (χ0n) is 16.1. The highest BCUT2D eigenvalue weighted by Crippen LogP contribution is 2.19. The van der Waals surface area contributed by atoms with Crippen LogP contribution in [-0.4, -0.2) is 37.8 Å². The molecule has 0 fully saturated rings. The van der Waals surface area contributed by atoms with Gasteiger partial charge in [0.15, 0.2) is 17.0 Å². The van der Waals surface area contributed by atoms with Crippen molar-refractivity contribution < 1.29 is 13.9 Å². The van der Waals surface area contributed by atoms with E-state index in [4.69, 9.17) is 4.74 Å². The number of aromatic nitrogens is 4. The number of nitrogens with zero attached hydrogens (tertiary/aromatic N) is 4. The molecule has 148 valence electrons. The van der Waals surface area contributed by atoms with Gasteiger partial charge < -0.3 is 19.9 Å². The van der Waals surface area contributed by atoms with Gasteiger partial charge in [0.05, 0.1) is 6.33 Å². The summed E-state index contributed by atoms with van der Waals surface area (Å²) >= 11 is 0. The highest BCUT2D eigenvalue weighted by molar-refractivity contribution is 5.82. The van der Waals surface area contributed by atoms with Gasteiger partial charge in [0.2, 0.25) is 0 Å². The van der Waals surface area contributed by atoms with Gasteiger partial charge in [-0.2, -0.15) is 14.4 Å². The molecular weight excluding hydrogens is 363 g/mol. The lowest BCUT2D eigenvalue weighted by Crippen LogP contribution is -2.34. The second-order valence-electron chi connectivity index (χ2n) is 7.22. The van der Waals surface area contributed by atoms with E-state index in [1.54, 1.807) is 31.7 Å². The number of fused-ring (bicyclic) bond motifs is 1. The number of hydrogen-bond acceptors (Lipinski definition) is 6. The molecule has 0 saturated carbocycles. The van der Waals surface area contributed by atoms with Gasteiger partial charge in [-0.3, -0.25) is 0 Å². The topological polar surface area (TPSA) is 94.0 Å². The molecule has 0 aliphatic heterocycles. The Labute approximate surface area is 162 Å². The van der Waals surface area contributed by atoms with Gasteiger partial charge in [-0.25, -0.2) is 9.78 Å². The van der Waals surface area contributed by atoms with Gasteiger partial charge in [0.25, 0.3) is 0 Å². The quantitative estimate of drug-likeness (QED) is 0.632. The minimum atomic E-state index is -0.843. The zero-order chi connectivity index (χ0) is 20.1. The van der Waals surface area contributed by atoms with Crippen molar-refractivity contribution in [3.63, 3.8) is 0 Å². The number of carbonyl (C=O) groups excluding carboxylic acids is 1. The van der Waals surface area contributed by atoms with E-state index in [2.05, 4.69) is 25.6 Å². The summed E-state index contributed by atoms with van der Waals surface area (Å²) in [6.07, 6.45) is 0.191. The second-order valence-corrected chi connectivity index (χ2v) is 7.22. The van der Waals surface area contributed by atoms with Crippen LogP contribution in [0.4, 0.5) is 15.0 Å². The third-order valence-electron chi connectivity index (χ3n) is 3.76. The fourth-order valence-corrected chi connectivity index (χ4v) is 2.58. The molecule has 0 spiro atoms. The third-order valence-corrected chi connectivity index (χ3v) is 3.76. The van der Waals surface area contributed by atoms with Gasteiger partial charge in [0, 0.05) is 19.6 Å². The molecule has 9 heteroatoms. The Morgan fingerprint density at radius 2 is 1.96 bits per heavy atom. The monoisotopic (exact) mass is 386 g/mol. The van der Waals surface area contributed by atoms with Crippen molar-refractivity contribution in [1.82, 2.24) is 24.8 Å². The molecule has 0 aliphatic carbocycles. The number of anilines is 1. The molecule has 3 rings (SSSR count). The molecule has 8 nitrogen and oxygen atoms in total. The second kappa shape index (κ2) is 8.20. The number of imidazole rings is 1. The number of ether oxygens (including phenoxy) is 1. The molecule has 2 aromatic heterocycles. The van der Waals surface area contributed by atoms with Crippen molar-refractivity contribution >= 4 is 23.1 Å². The van der Waals surface area contributed by atoms with Crippen molar-refractivity contribution in [2.24, 2.45) is 0 Å². The molecule has 28 heavy (non-hydrogen) atoms. The Hall–Kier alpha value is -3.23. The minimum absolute atomic E-state index is 0.290. The van der Waals surface area contributed by atoms with E-state index in [1.165, 1.54) is 0 Å². The lowest BCUT2D eigenvalue weighted by molar-refractivity contribution is 0.0526. The lowest BCUT2D eigenvalue weighted by Gasteiger charge is -2.19. The standard InChI is InChI=1S/C19H23FN6O2/c1-19(2,3)28-18(27)21-9-10-26-12-23-14-15(24-17(20)25-16(14)26)22-11-13-7-5-4-6-8-13/h4-8,12H,9-11H2,1-3H3,(H,21,27)(H,22,24,25). The van der Waals surface area contributed by atoms with Crippen LogP contribution in [0.25, 0.3) is 11.2 Å². The van der Waals surface area contributed by atoms with Gasteiger partial charge in [-0.1, -0.05) is 30.3 Å². The first-order chi connectivity index (χ1) is 13.3. The van der Waals surface area contributed by atoms with E-state index < -0.39 is 17.8 Å². The maximum absolute atomic E-state index is 13.9. The van der Waals surface area contributed by atoms with Crippen molar-refractivity contribution in [3.8, 4) is 0 Å². The minimum Gasteiger partial charge on any atom is -0.444 e. The van der Waals surface area contributed by atoms with E-state index in [0.717, 1.165) is 5.56 Å². The van der Waals surface area contributed by atoms with Crippen molar-refractivity contribution in [3.05, 3.63) is 48.3 Å². The van der Waals surface area contributed by atoms with Gasteiger partial charge in [0.1, 0.15) is 5.60 Å². The van der Waals surface area contributed by atoms with Crippen LogP contribution >= 0.6 is 0 Å². The molecular formula is C19H23FN6O2. The molecule has 0 bridgehead atoms. The van der Waals surface area contributed by atoms with E-state index in [9.17, 15) is 9.18 Å². The normalized spacial score (nSPS) is 11.4. The third kappa shape index (κ3) is 5.15. The van der Waals surface area contributed by atoms with Crippen LogP contribution in [0.3, 0.4) is 0 Å². The molecule has 3 aromatic rings. The molecule has 1 amide bonds. The number of rotatable bonds is 6. The molecule has 0 radical (unpaired) electrons. The smallest absolute Gasteiger partial charge is 0.407 e. The Morgan fingerprint density at radius 1 is 1.21 bits per heavy atom. The first-order valence-corrected chi connectivity index (χ1v) is 8.95. The fraction of sp³-hybridized carbons (Fsp3) is 0.368. The summed E-state index contributed by atoms with van der Waals surface area (Å²) in [5.41, 5.74) is 1.29. The average molecular weight is 386 g/mol. The number of alkyl carbamates (subject to hydrolysis) is 1. The van der Waals surface area contributed by atoms with E-state index in [1.807, 2.05) is 30.3 Å². The predicted octanol–water partition coefficient (Wildman–Crippen LogP) is 3.10. The molecule has 0 aliphatic rings. The highest BCUT2D eigenvalue weighted by atomic mass is 19.1. The van der Waals surface area contributed by atoms with Gasteiger partial charge in [-0.15, -0.1) is 0 Å². The first kappa shape index (κ1) is 19.5. The molecule has 0 unspecified atom stereocenters. The summed E-state index contributed by atoms with van der Waals surface area (Å²) in [7, 11) is 0. The molecule has 2 heterocycles. The average Bonchev–Trinajstić information content (AvgIpc) is 3.02. The Bertz CT molecular complexity index is 952. The van der Waals surface area contributed by atoms with Crippen molar-refractivity contribution in [2.45, 2.75) is 39.5 Å². The van der Waals surface area contributed by atoms with Crippen molar-refractivity contribution in [2.75, 3.05) is 11.9 Å². The molecule has 2 N–H and O–H groups in total. The van der Waals surface area contributed by atoms with Crippen LogP contribution < -0.4 is 10.6 Å². The summed E-state index contributed by atoms with van der Waals surface area (Å²) in [5, 5.41) is 5.76. The maximum Gasteiger partial charge on any atom is 0.407 e. The summed E-state index contributed by atoms with van der Waals surface area (Å²) in [6, 6.07) is 9.71. The van der Waals surface area contributed by atoms with Crippen LogP contribution in [0.5, 0.6) is 0 Å². The lowest BCUT2D eigenvalue weighted by atomic mass is 10.2. The van der Waals surface area contributed by atoms with Crippen LogP contribution in [0, 0.1) is 6.08 Å². The number of halogens is 1. The Kier molecular flexibility index (Phi) is 5.72. The van der Waals surface area contributed by atoms with Crippen molar-refractivity contribution in [1.29, 1.82) is 0 Å². The summed E-state index contributed by atoms with van der Waals surface area (Å²) in [5.74, 6) is 0.324. The number of benzene rings is 1. The highest BCUT2D eigenvalue weighted by Gasteiger charge is 2.16. The van der Waals surface area contributed by atoms with E-state index >= 15 is 0 Å².